The number of nitrogens with zero attached hydrogens (tertiary/aromatic N) is 1. The number of benzene rings is 1. The molecule has 0 saturated heterocycles. The third kappa shape index (κ3) is 6.19. The molecular weight excluding hydrogens is 344 g/mol. The second-order valence-electron chi connectivity index (χ2n) is 6.05. The molecule has 0 radical (unpaired) electrons. The Hall–Kier alpha value is -2.34. The number of carbonyl (C=O) groups excluding carboxylic acids is 1. The maximum absolute atomic E-state index is 12.0. The summed E-state index contributed by atoms with van der Waals surface area (Å²) < 4.78 is 0. The van der Waals surface area contributed by atoms with Crippen molar-refractivity contribution < 1.29 is 4.79 Å². The molecule has 2 aromatic rings. The number of carbonyl (C=O) groups is 1. The van der Waals surface area contributed by atoms with Crippen LogP contribution in [0.5, 0.6) is 0 Å². The number of amides is 1. The van der Waals surface area contributed by atoms with Crippen LogP contribution in [0.25, 0.3) is 0 Å². The van der Waals surface area contributed by atoms with Crippen molar-refractivity contribution in [1.29, 1.82) is 0 Å². The molecule has 0 bridgehead atoms. The number of hydrogen-bond donors (Lipinski definition) is 3. The quantitative estimate of drug-likeness (QED) is 0.492. The van der Waals surface area contributed by atoms with E-state index >= 15 is 0 Å². The molecule has 26 heavy (non-hydrogen) atoms. The zero-order valence-electron chi connectivity index (χ0n) is 15.7. The molecule has 1 atom stereocenters. The van der Waals surface area contributed by atoms with E-state index in [1.54, 1.807) is 11.3 Å². The minimum absolute atomic E-state index is 0.0480. The highest BCUT2D eigenvalue weighted by atomic mass is 32.1. The molecular formula is C20H28N4OS. The molecule has 6 heteroatoms. The largest absolute Gasteiger partial charge is 0.357 e. The predicted octanol–water partition coefficient (Wildman–Crippen LogP) is 3.36. The summed E-state index contributed by atoms with van der Waals surface area (Å²) in [5.74, 6) is 1.17. The van der Waals surface area contributed by atoms with E-state index in [2.05, 4.69) is 52.3 Å². The minimum Gasteiger partial charge on any atom is -0.357 e. The van der Waals surface area contributed by atoms with Crippen molar-refractivity contribution in [3.8, 4) is 0 Å². The van der Waals surface area contributed by atoms with Crippen molar-refractivity contribution in [2.75, 3.05) is 19.6 Å². The van der Waals surface area contributed by atoms with Crippen LogP contribution in [0.4, 0.5) is 0 Å². The maximum atomic E-state index is 12.0. The van der Waals surface area contributed by atoms with Gasteiger partial charge in [-0.05, 0) is 43.0 Å². The van der Waals surface area contributed by atoms with Gasteiger partial charge in [0.25, 0.3) is 5.91 Å². The maximum Gasteiger partial charge on any atom is 0.251 e. The first-order valence-electron chi connectivity index (χ1n) is 9.06. The highest BCUT2D eigenvalue weighted by Crippen LogP contribution is 2.19. The van der Waals surface area contributed by atoms with E-state index < -0.39 is 0 Å². The van der Waals surface area contributed by atoms with Crippen molar-refractivity contribution in [3.63, 3.8) is 0 Å². The van der Waals surface area contributed by atoms with E-state index in [9.17, 15) is 4.79 Å². The van der Waals surface area contributed by atoms with Crippen molar-refractivity contribution in [3.05, 3.63) is 57.8 Å². The van der Waals surface area contributed by atoms with Gasteiger partial charge in [-0.25, -0.2) is 4.99 Å². The lowest BCUT2D eigenvalue weighted by Gasteiger charge is -2.15. The fourth-order valence-corrected chi connectivity index (χ4v) is 3.29. The average Bonchev–Trinajstić information content (AvgIpc) is 3.19. The van der Waals surface area contributed by atoms with Crippen LogP contribution in [0.1, 0.15) is 47.5 Å². The molecule has 1 amide bonds. The molecule has 0 aliphatic heterocycles. The second-order valence-corrected chi connectivity index (χ2v) is 7.03. The topological polar surface area (TPSA) is 65.5 Å². The second kappa shape index (κ2) is 10.6. The third-order valence-corrected chi connectivity index (χ3v) is 5.00. The van der Waals surface area contributed by atoms with Crippen LogP contribution in [-0.4, -0.2) is 31.5 Å². The molecule has 140 valence electrons. The van der Waals surface area contributed by atoms with Gasteiger partial charge in [0.1, 0.15) is 0 Å². The third-order valence-electron chi connectivity index (χ3n) is 3.90. The van der Waals surface area contributed by atoms with Gasteiger partial charge >= 0.3 is 0 Å². The SMILES string of the molecule is CCNC(=O)c1cccc(CN=C(NCC)NCC(C)c2cccs2)c1. The first-order chi connectivity index (χ1) is 12.6. The Morgan fingerprint density at radius 2 is 1.92 bits per heavy atom. The van der Waals surface area contributed by atoms with Gasteiger partial charge in [0.2, 0.25) is 0 Å². The van der Waals surface area contributed by atoms with E-state index in [4.69, 9.17) is 0 Å². The van der Waals surface area contributed by atoms with Crippen LogP contribution < -0.4 is 16.0 Å². The van der Waals surface area contributed by atoms with Crippen LogP contribution in [0.15, 0.2) is 46.8 Å². The fraction of sp³-hybridized carbons (Fsp3) is 0.400. The van der Waals surface area contributed by atoms with Gasteiger partial charge in [0, 0.05) is 36.0 Å². The number of nitrogens with one attached hydrogen (secondary N) is 3. The molecule has 1 aromatic carbocycles. The first-order valence-corrected chi connectivity index (χ1v) is 9.94. The molecule has 2 rings (SSSR count). The molecule has 1 aromatic heterocycles. The summed E-state index contributed by atoms with van der Waals surface area (Å²) >= 11 is 1.78. The molecule has 1 heterocycles. The Kier molecular flexibility index (Phi) is 8.15. The van der Waals surface area contributed by atoms with Gasteiger partial charge in [-0.2, -0.15) is 0 Å². The Labute approximate surface area is 159 Å². The van der Waals surface area contributed by atoms with Crippen molar-refractivity contribution in [1.82, 2.24) is 16.0 Å². The Balaban J connectivity index is 1.97. The molecule has 0 fully saturated rings. The summed E-state index contributed by atoms with van der Waals surface area (Å²) in [5, 5.41) is 11.6. The lowest BCUT2D eigenvalue weighted by atomic mass is 10.1. The van der Waals surface area contributed by atoms with E-state index in [1.165, 1.54) is 4.88 Å². The Morgan fingerprint density at radius 1 is 1.12 bits per heavy atom. The van der Waals surface area contributed by atoms with Crippen molar-refractivity contribution >= 4 is 23.2 Å². The molecule has 0 saturated carbocycles. The van der Waals surface area contributed by atoms with Crippen LogP contribution >= 0.6 is 11.3 Å². The highest BCUT2D eigenvalue weighted by Gasteiger charge is 2.08. The molecule has 3 N–H and O–H groups in total. The number of rotatable bonds is 8. The summed E-state index contributed by atoms with van der Waals surface area (Å²) in [7, 11) is 0. The van der Waals surface area contributed by atoms with E-state index in [1.807, 2.05) is 31.2 Å². The first kappa shape index (κ1) is 20.0. The molecule has 0 spiro atoms. The van der Waals surface area contributed by atoms with Gasteiger partial charge in [-0.1, -0.05) is 25.1 Å². The predicted molar refractivity (Wildman–Crippen MR) is 110 cm³/mol. The normalized spacial score (nSPS) is 12.5. The standard InChI is InChI=1S/C20H28N4OS/c1-4-21-19(25)17-9-6-8-16(12-17)14-24-20(22-5-2)23-13-15(3)18-10-7-11-26-18/h6-12,15H,4-5,13-14H2,1-3H3,(H,21,25)(H2,22,23,24). The van der Waals surface area contributed by atoms with Crippen LogP contribution in [0.3, 0.4) is 0 Å². The van der Waals surface area contributed by atoms with Gasteiger partial charge in [-0.3, -0.25) is 4.79 Å². The molecule has 5 nitrogen and oxygen atoms in total. The molecule has 0 aliphatic rings. The average molecular weight is 373 g/mol. The fourth-order valence-electron chi connectivity index (χ4n) is 2.51. The van der Waals surface area contributed by atoms with Crippen LogP contribution in [0.2, 0.25) is 0 Å². The number of guanidine groups is 1. The van der Waals surface area contributed by atoms with E-state index in [-0.39, 0.29) is 5.91 Å². The zero-order valence-corrected chi connectivity index (χ0v) is 16.5. The minimum atomic E-state index is -0.0480. The smallest absolute Gasteiger partial charge is 0.251 e. The summed E-state index contributed by atoms with van der Waals surface area (Å²) in [6.45, 7) is 8.95. The van der Waals surface area contributed by atoms with Gasteiger partial charge in [-0.15, -0.1) is 11.3 Å². The zero-order chi connectivity index (χ0) is 18.8. The lowest BCUT2D eigenvalue weighted by Crippen LogP contribution is -2.39. The van der Waals surface area contributed by atoms with E-state index in [0.717, 1.165) is 24.6 Å². The summed E-state index contributed by atoms with van der Waals surface area (Å²) in [6, 6.07) is 11.8. The molecule has 0 aliphatic carbocycles. The summed E-state index contributed by atoms with van der Waals surface area (Å²) in [4.78, 5) is 18.0. The van der Waals surface area contributed by atoms with Crippen LogP contribution in [-0.2, 0) is 6.54 Å². The highest BCUT2D eigenvalue weighted by molar-refractivity contribution is 7.10. The van der Waals surface area contributed by atoms with Crippen molar-refractivity contribution in [2.24, 2.45) is 4.99 Å². The molecule has 1 unspecified atom stereocenters. The number of thiophene rings is 1. The van der Waals surface area contributed by atoms with Crippen LogP contribution in [0, 0.1) is 0 Å². The number of hydrogen-bond acceptors (Lipinski definition) is 3. The summed E-state index contributed by atoms with van der Waals surface area (Å²) in [6.07, 6.45) is 0. The van der Waals surface area contributed by atoms with Gasteiger partial charge in [0.05, 0.1) is 6.54 Å². The van der Waals surface area contributed by atoms with Gasteiger partial charge in [0.15, 0.2) is 5.96 Å². The Bertz CT molecular complexity index is 712. The van der Waals surface area contributed by atoms with Crippen molar-refractivity contribution in [2.45, 2.75) is 33.2 Å². The Morgan fingerprint density at radius 3 is 2.62 bits per heavy atom. The van der Waals surface area contributed by atoms with E-state index in [0.29, 0.717) is 24.6 Å². The lowest BCUT2D eigenvalue weighted by molar-refractivity contribution is 0.0955. The summed E-state index contributed by atoms with van der Waals surface area (Å²) in [5.41, 5.74) is 1.68. The van der Waals surface area contributed by atoms with Gasteiger partial charge < -0.3 is 16.0 Å². The number of aliphatic imine (C=N–C) groups is 1. The monoisotopic (exact) mass is 372 g/mol.